The van der Waals surface area contributed by atoms with Gasteiger partial charge in [-0.1, -0.05) is 6.07 Å². The number of amides is 1. The quantitative estimate of drug-likeness (QED) is 0.901. The van der Waals surface area contributed by atoms with Gasteiger partial charge in [-0.2, -0.15) is 0 Å². The summed E-state index contributed by atoms with van der Waals surface area (Å²) >= 11 is 0. The van der Waals surface area contributed by atoms with Gasteiger partial charge >= 0.3 is 0 Å². The molecule has 0 fully saturated rings. The normalized spacial score (nSPS) is 14.3. The van der Waals surface area contributed by atoms with Gasteiger partial charge in [-0.3, -0.25) is 4.79 Å². The molecule has 0 saturated heterocycles. The molecule has 1 amide bonds. The van der Waals surface area contributed by atoms with E-state index in [1.54, 1.807) is 6.92 Å². The number of carbonyl (C=O) groups excluding carboxylic acids is 2. The van der Waals surface area contributed by atoms with Crippen LogP contribution in [0.25, 0.3) is 11.0 Å². The summed E-state index contributed by atoms with van der Waals surface area (Å²) in [6.07, 6.45) is 1.11. The SMILES string of the molecule is CC(=O)CCc1nc2cccc3c2n1CCNC3=O. The van der Waals surface area contributed by atoms with Crippen molar-refractivity contribution in [1.82, 2.24) is 14.9 Å². The first-order valence-corrected chi connectivity index (χ1v) is 6.42. The third kappa shape index (κ3) is 2.01. The van der Waals surface area contributed by atoms with E-state index in [0.717, 1.165) is 16.9 Å². The van der Waals surface area contributed by atoms with Gasteiger partial charge in [0, 0.05) is 25.9 Å². The Balaban J connectivity index is 2.15. The molecule has 5 nitrogen and oxygen atoms in total. The Morgan fingerprint density at radius 3 is 3.11 bits per heavy atom. The van der Waals surface area contributed by atoms with Gasteiger partial charge in [0.25, 0.3) is 5.91 Å². The third-order valence-electron chi connectivity index (χ3n) is 3.41. The number of para-hydroxylation sites is 1. The Labute approximate surface area is 110 Å². The Morgan fingerprint density at radius 2 is 2.32 bits per heavy atom. The van der Waals surface area contributed by atoms with Crippen LogP contribution in [0.4, 0.5) is 0 Å². The van der Waals surface area contributed by atoms with Crippen molar-refractivity contribution in [3.63, 3.8) is 0 Å². The first-order valence-electron chi connectivity index (χ1n) is 6.42. The molecule has 0 atom stereocenters. The van der Waals surface area contributed by atoms with Crippen molar-refractivity contribution >= 4 is 22.7 Å². The molecule has 1 aromatic carbocycles. The molecule has 0 spiro atoms. The van der Waals surface area contributed by atoms with Crippen LogP contribution in [-0.2, 0) is 17.8 Å². The summed E-state index contributed by atoms with van der Waals surface area (Å²) in [5, 5.41) is 2.88. The van der Waals surface area contributed by atoms with Crippen molar-refractivity contribution in [3.05, 3.63) is 29.6 Å². The predicted molar refractivity (Wildman–Crippen MR) is 71.1 cm³/mol. The molecule has 2 heterocycles. The van der Waals surface area contributed by atoms with Crippen molar-refractivity contribution in [2.45, 2.75) is 26.3 Å². The Hall–Kier alpha value is -2.17. The first kappa shape index (κ1) is 11.9. The number of nitrogens with zero attached hydrogens (tertiary/aromatic N) is 2. The van der Waals surface area contributed by atoms with Crippen molar-refractivity contribution < 1.29 is 9.59 Å². The molecule has 19 heavy (non-hydrogen) atoms. The molecule has 5 heteroatoms. The van der Waals surface area contributed by atoms with Gasteiger partial charge in [-0.25, -0.2) is 4.98 Å². The number of Topliss-reactive ketones (excluding diaryl/α,β-unsaturated/α-hetero) is 1. The van der Waals surface area contributed by atoms with E-state index >= 15 is 0 Å². The van der Waals surface area contributed by atoms with Crippen molar-refractivity contribution in [2.24, 2.45) is 0 Å². The van der Waals surface area contributed by atoms with Crippen molar-refractivity contribution in [2.75, 3.05) is 6.54 Å². The predicted octanol–water partition coefficient (Wildman–Crippen LogP) is 1.30. The third-order valence-corrected chi connectivity index (χ3v) is 3.41. The Kier molecular flexibility index (Phi) is 2.81. The lowest BCUT2D eigenvalue weighted by Crippen LogP contribution is -2.24. The summed E-state index contributed by atoms with van der Waals surface area (Å²) in [4.78, 5) is 27.7. The van der Waals surface area contributed by atoms with E-state index < -0.39 is 0 Å². The fourth-order valence-corrected chi connectivity index (χ4v) is 2.51. The van der Waals surface area contributed by atoms with Crippen LogP contribution in [0.1, 0.15) is 29.5 Å². The summed E-state index contributed by atoms with van der Waals surface area (Å²) in [5.41, 5.74) is 2.38. The summed E-state index contributed by atoms with van der Waals surface area (Å²) in [6.45, 7) is 2.88. The van der Waals surface area contributed by atoms with Crippen molar-refractivity contribution in [1.29, 1.82) is 0 Å². The standard InChI is InChI=1S/C14H15N3O2/c1-9(18)5-6-12-16-11-4-2-3-10-13(11)17(12)8-7-15-14(10)19/h2-4H,5-8H2,1H3,(H,15,19). The molecule has 1 aliphatic rings. The van der Waals surface area contributed by atoms with Crippen molar-refractivity contribution in [3.8, 4) is 0 Å². The fourth-order valence-electron chi connectivity index (χ4n) is 2.51. The van der Waals surface area contributed by atoms with Crippen LogP contribution in [0.3, 0.4) is 0 Å². The highest BCUT2D eigenvalue weighted by molar-refractivity contribution is 6.05. The van der Waals surface area contributed by atoms with Crippen LogP contribution in [0.2, 0.25) is 0 Å². The number of aryl methyl sites for hydroxylation is 1. The number of hydrogen-bond donors (Lipinski definition) is 1. The maximum atomic E-state index is 12.0. The smallest absolute Gasteiger partial charge is 0.253 e. The molecule has 1 aliphatic heterocycles. The monoisotopic (exact) mass is 257 g/mol. The molecule has 0 radical (unpaired) electrons. The maximum absolute atomic E-state index is 12.0. The van der Waals surface area contributed by atoms with Crippen LogP contribution < -0.4 is 5.32 Å². The van der Waals surface area contributed by atoms with Gasteiger partial charge in [0.15, 0.2) is 0 Å². The van der Waals surface area contributed by atoms with E-state index in [-0.39, 0.29) is 11.7 Å². The molecular weight excluding hydrogens is 242 g/mol. The number of nitrogens with one attached hydrogen (secondary N) is 1. The van der Waals surface area contributed by atoms with Gasteiger partial charge < -0.3 is 14.7 Å². The molecule has 1 aromatic heterocycles. The molecular formula is C14H15N3O2. The van der Waals surface area contributed by atoms with E-state index in [1.165, 1.54) is 0 Å². The fraction of sp³-hybridized carbons (Fsp3) is 0.357. The van der Waals surface area contributed by atoms with Gasteiger partial charge in [-0.15, -0.1) is 0 Å². The average molecular weight is 257 g/mol. The second kappa shape index (κ2) is 4.50. The maximum Gasteiger partial charge on any atom is 0.253 e. The first-order chi connectivity index (χ1) is 9.16. The lowest BCUT2D eigenvalue weighted by molar-refractivity contribution is -0.117. The van der Waals surface area contributed by atoms with Gasteiger partial charge in [0.05, 0.1) is 16.6 Å². The van der Waals surface area contributed by atoms with Gasteiger partial charge in [0.2, 0.25) is 0 Å². The molecule has 98 valence electrons. The Bertz CT molecular complexity index is 673. The number of benzene rings is 1. The minimum absolute atomic E-state index is 0.0534. The molecule has 0 aliphatic carbocycles. The summed E-state index contributed by atoms with van der Waals surface area (Å²) in [5.74, 6) is 0.986. The molecule has 3 rings (SSSR count). The average Bonchev–Trinajstić information content (AvgIpc) is 2.64. The molecule has 0 bridgehead atoms. The lowest BCUT2D eigenvalue weighted by Gasteiger charge is -2.05. The number of hydrogen-bond acceptors (Lipinski definition) is 3. The van der Waals surface area contributed by atoms with E-state index in [1.807, 2.05) is 18.2 Å². The number of rotatable bonds is 3. The molecule has 0 saturated carbocycles. The zero-order valence-electron chi connectivity index (χ0n) is 10.8. The van der Waals surface area contributed by atoms with Gasteiger partial charge in [-0.05, 0) is 19.1 Å². The van der Waals surface area contributed by atoms with E-state index in [9.17, 15) is 9.59 Å². The van der Waals surface area contributed by atoms with E-state index in [4.69, 9.17) is 0 Å². The minimum Gasteiger partial charge on any atom is -0.350 e. The highest BCUT2D eigenvalue weighted by Crippen LogP contribution is 2.23. The van der Waals surface area contributed by atoms with Crippen LogP contribution in [0.5, 0.6) is 0 Å². The summed E-state index contributed by atoms with van der Waals surface area (Å²) in [7, 11) is 0. The van der Waals surface area contributed by atoms with Gasteiger partial charge in [0.1, 0.15) is 11.6 Å². The van der Waals surface area contributed by atoms with Crippen LogP contribution in [0, 0.1) is 0 Å². The van der Waals surface area contributed by atoms with Crippen LogP contribution >= 0.6 is 0 Å². The highest BCUT2D eigenvalue weighted by Gasteiger charge is 2.20. The number of ketones is 1. The largest absolute Gasteiger partial charge is 0.350 e. The topological polar surface area (TPSA) is 64.0 Å². The number of carbonyl (C=O) groups is 2. The van der Waals surface area contributed by atoms with E-state index in [0.29, 0.717) is 31.5 Å². The minimum atomic E-state index is -0.0534. The zero-order chi connectivity index (χ0) is 13.4. The molecule has 0 unspecified atom stereocenters. The van der Waals surface area contributed by atoms with Crippen LogP contribution in [-0.4, -0.2) is 27.8 Å². The Morgan fingerprint density at radius 1 is 1.47 bits per heavy atom. The second-order valence-corrected chi connectivity index (χ2v) is 4.81. The van der Waals surface area contributed by atoms with Crippen LogP contribution in [0.15, 0.2) is 18.2 Å². The number of aromatic nitrogens is 2. The van der Waals surface area contributed by atoms with E-state index in [2.05, 4.69) is 14.9 Å². The molecule has 1 N–H and O–H groups in total. The zero-order valence-corrected chi connectivity index (χ0v) is 10.8. The molecule has 2 aromatic rings. The lowest BCUT2D eigenvalue weighted by atomic mass is 10.2. The summed E-state index contributed by atoms with van der Waals surface area (Å²) in [6, 6.07) is 5.57. The number of imidazole rings is 1. The second-order valence-electron chi connectivity index (χ2n) is 4.81. The summed E-state index contributed by atoms with van der Waals surface area (Å²) < 4.78 is 2.06. The highest BCUT2D eigenvalue weighted by atomic mass is 16.1.